The smallest absolute Gasteiger partial charge is 0.191 e. The Labute approximate surface area is 176 Å². The van der Waals surface area contributed by atoms with Crippen LogP contribution in [0.3, 0.4) is 0 Å². The standard InChI is InChI=1S/C22H38N4O2S/c1-5-23-21(25-18(2)13-16-29(4,27)28)24-17-22(14-9-10-15-22)26-19(3)20-11-7-6-8-12-20/h6-8,11-12,18-19,26H,5,9-10,13-17H2,1-4H3,(H2,23,24,25). The molecule has 2 unspecified atom stereocenters. The van der Waals surface area contributed by atoms with Gasteiger partial charge in [-0.3, -0.25) is 4.99 Å². The van der Waals surface area contributed by atoms with Crippen LogP contribution in [0.1, 0.15) is 64.5 Å². The fourth-order valence-electron chi connectivity index (χ4n) is 3.93. The van der Waals surface area contributed by atoms with Crippen molar-refractivity contribution in [2.45, 2.75) is 70.5 Å². The normalized spacial score (nSPS) is 19.0. The van der Waals surface area contributed by atoms with E-state index in [1.54, 1.807) is 0 Å². The third kappa shape index (κ3) is 8.34. The van der Waals surface area contributed by atoms with E-state index in [0.29, 0.717) is 13.0 Å². The second kappa shape index (κ2) is 11.0. The second-order valence-electron chi connectivity index (χ2n) is 8.42. The Morgan fingerprint density at radius 1 is 1.17 bits per heavy atom. The molecule has 0 radical (unpaired) electrons. The van der Waals surface area contributed by atoms with Gasteiger partial charge in [-0.15, -0.1) is 0 Å². The monoisotopic (exact) mass is 422 g/mol. The minimum atomic E-state index is -2.95. The van der Waals surface area contributed by atoms with E-state index >= 15 is 0 Å². The number of nitrogens with zero attached hydrogens (tertiary/aromatic N) is 1. The Morgan fingerprint density at radius 3 is 2.41 bits per heavy atom. The molecule has 1 aliphatic carbocycles. The van der Waals surface area contributed by atoms with E-state index in [0.717, 1.165) is 25.3 Å². The van der Waals surface area contributed by atoms with Crippen molar-refractivity contribution in [1.29, 1.82) is 0 Å². The summed E-state index contributed by atoms with van der Waals surface area (Å²) in [6.07, 6.45) is 6.53. The molecule has 29 heavy (non-hydrogen) atoms. The molecule has 0 bridgehead atoms. The van der Waals surface area contributed by atoms with E-state index in [4.69, 9.17) is 4.99 Å². The number of guanidine groups is 1. The van der Waals surface area contributed by atoms with Crippen LogP contribution in [-0.4, -0.2) is 51.1 Å². The molecule has 2 rings (SSSR count). The number of hydrogen-bond donors (Lipinski definition) is 3. The highest BCUT2D eigenvalue weighted by Crippen LogP contribution is 2.32. The first-order valence-corrected chi connectivity index (χ1v) is 12.8. The lowest BCUT2D eigenvalue weighted by Crippen LogP contribution is -2.49. The summed E-state index contributed by atoms with van der Waals surface area (Å²) in [5, 5.41) is 10.5. The molecule has 0 spiro atoms. The van der Waals surface area contributed by atoms with Crippen LogP contribution in [-0.2, 0) is 9.84 Å². The van der Waals surface area contributed by atoms with Crippen LogP contribution in [0.5, 0.6) is 0 Å². The summed E-state index contributed by atoms with van der Waals surface area (Å²) in [6, 6.07) is 10.9. The first-order chi connectivity index (χ1) is 13.7. The van der Waals surface area contributed by atoms with Gasteiger partial charge in [-0.25, -0.2) is 8.42 Å². The van der Waals surface area contributed by atoms with E-state index in [2.05, 4.69) is 47.1 Å². The predicted octanol–water partition coefficient (Wildman–Crippen LogP) is 3.03. The zero-order chi connectivity index (χ0) is 21.3. The van der Waals surface area contributed by atoms with Crippen LogP contribution in [0.25, 0.3) is 0 Å². The molecule has 0 saturated heterocycles. The number of benzene rings is 1. The van der Waals surface area contributed by atoms with Gasteiger partial charge in [0, 0.05) is 30.4 Å². The molecule has 6 nitrogen and oxygen atoms in total. The summed E-state index contributed by atoms with van der Waals surface area (Å²) in [6.45, 7) is 7.73. The zero-order valence-electron chi connectivity index (χ0n) is 18.4. The SMILES string of the molecule is CCNC(=NCC1(NC(C)c2ccccc2)CCCC1)NC(C)CCS(C)(=O)=O. The van der Waals surface area contributed by atoms with Gasteiger partial charge in [-0.05, 0) is 45.6 Å². The van der Waals surface area contributed by atoms with Gasteiger partial charge in [-0.1, -0.05) is 43.2 Å². The quantitative estimate of drug-likeness (QED) is 0.399. The van der Waals surface area contributed by atoms with Crippen molar-refractivity contribution >= 4 is 15.8 Å². The molecule has 0 heterocycles. The van der Waals surface area contributed by atoms with Crippen LogP contribution >= 0.6 is 0 Å². The van der Waals surface area contributed by atoms with Gasteiger partial charge >= 0.3 is 0 Å². The number of hydrogen-bond acceptors (Lipinski definition) is 4. The molecule has 3 N–H and O–H groups in total. The highest BCUT2D eigenvalue weighted by atomic mass is 32.2. The summed E-state index contributed by atoms with van der Waals surface area (Å²) < 4.78 is 22.9. The van der Waals surface area contributed by atoms with Gasteiger partial charge in [0.15, 0.2) is 5.96 Å². The first kappa shape index (κ1) is 23.7. The van der Waals surface area contributed by atoms with E-state index in [1.807, 2.05) is 19.9 Å². The number of aliphatic imine (C=N–C) groups is 1. The summed E-state index contributed by atoms with van der Waals surface area (Å²) in [7, 11) is -2.95. The minimum Gasteiger partial charge on any atom is -0.357 e. The maximum absolute atomic E-state index is 11.4. The molecule has 1 fully saturated rings. The van der Waals surface area contributed by atoms with Gasteiger partial charge in [0.2, 0.25) is 0 Å². The average molecular weight is 423 g/mol. The van der Waals surface area contributed by atoms with Crippen LogP contribution in [0.2, 0.25) is 0 Å². The number of nitrogens with one attached hydrogen (secondary N) is 3. The van der Waals surface area contributed by atoms with Crippen molar-refractivity contribution in [2.24, 2.45) is 4.99 Å². The van der Waals surface area contributed by atoms with Crippen LogP contribution < -0.4 is 16.0 Å². The molecule has 0 amide bonds. The molecule has 2 atom stereocenters. The Balaban J connectivity index is 2.03. The van der Waals surface area contributed by atoms with Gasteiger partial charge < -0.3 is 16.0 Å². The van der Waals surface area contributed by atoms with Crippen molar-refractivity contribution in [2.75, 3.05) is 25.1 Å². The fraction of sp³-hybridized carbons (Fsp3) is 0.682. The maximum atomic E-state index is 11.4. The maximum Gasteiger partial charge on any atom is 0.191 e. The Kier molecular flexibility index (Phi) is 8.96. The van der Waals surface area contributed by atoms with Crippen molar-refractivity contribution in [3.05, 3.63) is 35.9 Å². The lowest BCUT2D eigenvalue weighted by atomic mass is 9.95. The summed E-state index contributed by atoms with van der Waals surface area (Å²) in [5.74, 6) is 0.939. The van der Waals surface area contributed by atoms with Crippen LogP contribution in [0, 0.1) is 0 Å². The van der Waals surface area contributed by atoms with Crippen LogP contribution in [0.15, 0.2) is 35.3 Å². The molecule has 1 aromatic rings. The number of rotatable bonds is 10. The molecule has 1 aliphatic rings. The summed E-state index contributed by atoms with van der Waals surface area (Å²) in [4.78, 5) is 4.88. The largest absolute Gasteiger partial charge is 0.357 e. The van der Waals surface area contributed by atoms with Crippen molar-refractivity contribution in [3.63, 3.8) is 0 Å². The minimum absolute atomic E-state index is 0.00755. The molecule has 1 saturated carbocycles. The Hall–Kier alpha value is -1.60. The molecule has 7 heteroatoms. The van der Waals surface area contributed by atoms with Crippen molar-refractivity contribution in [1.82, 2.24) is 16.0 Å². The highest BCUT2D eigenvalue weighted by Gasteiger charge is 2.35. The topological polar surface area (TPSA) is 82.6 Å². The van der Waals surface area contributed by atoms with Gasteiger partial charge in [0.05, 0.1) is 12.3 Å². The molecular formula is C22H38N4O2S. The van der Waals surface area contributed by atoms with Crippen molar-refractivity contribution < 1.29 is 8.42 Å². The molecule has 164 valence electrons. The Bertz CT molecular complexity index is 743. The average Bonchev–Trinajstić information content (AvgIpc) is 3.13. The van der Waals surface area contributed by atoms with Crippen LogP contribution in [0.4, 0.5) is 0 Å². The van der Waals surface area contributed by atoms with Crippen molar-refractivity contribution in [3.8, 4) is 0 Å². The van der Waals surface area contributed by atoms with Gasteiger partial charge in [0.25, 0.3) is 0 Å². The van der Waals surface area contributed by atoms with E-state index in [9.17, 15) is 8.42 Å². The second-order valence-corrected chi connectivity index (χ2v) is 10.7. The van der Waals surface area contributed by atoms with E-state index in [-0.39, 0.29) is 23.4 Å². The summed E-state index contributed by atoms with van der Waals surface area (Å²) in [5.41, 5.74) is 1.30. The third-order valence-electron chi connectivity index (χ3n) is 5.57. The zero-order valence-corrected chi connectivity index (χ0v) is 19.2. The lowest BCUT2D eigenvalue weighted by molar-refractivity contribution is 0.307. The van der Waals surface area contributed by atoms with E-state index < -0.39 is 9.84 Å². The lowest BCUT2D eigenvalue weighted by Gasteiger charge is -2.33. The number of sulfone groups is 1. The highest BCUT2D eigenvalue weighted by molar-refractivity contribution is 7.90. The molecule has 0 aromatic heterocycles. The Morgan fingerprint density at radius 2 is 1.83 bits per heavy atom. The fourth-order valence-corrected chi connectivity index (χ4v) is 4.71. The van der Waals surface area contributed by atoms with E-state index in [1.165, 1.54) is 24.7 Å². The third-order valence-corrected chi connectivity index (χ3v) is 6.55. The molecule has 1 aromatic carbocycles. The van der Waals surface area contributed by atoms with Gasteiger partial charge in [-0.2, -0.15) is 0 Å². The van der Waals surface area contributed by atoms with Gasteiger partial charge in [0.1, 0.15) is 9.84 Å². The molecule has 0 aliphatic heterocycles. The molecular weight excluding hydrogens is 384 g/mol. The predicted molar refractivity (Wildman–Crippen MR) is 122 cm³/mol. The first-order valence-electron chi connectivity index (χ1n) is 10.8. The summed E-state index contributed by atoms with van der Waals surface area (Å²) >= 11 is 0.